The minimum Gasteiger partial charge on any atom is -0.496 e. The fourth-order valence-corrected chi connectivity index (χ4v) is 3.94. The Hall–Kier alpha value is -2.53. The van der Waals surface area contributed by atoms with Crippen LogP contribution in [0.1, 0.15) is 47.3 Å². The van der Waals surface area contributed by atoms with E-state index < -0.39 is 0 Å². The molecule has 1 aliphatic rings. The SMILES string of the molecule is COc1cccc(OC)c1C(=O)NCC(c1ccc(C)cc1)N1CCC(C)CC1. The van der Waals surface area contributed by atoms with Gasteiger partial charge in [-0.25, -0.2) is 0 Å². The molecule has 1 amide bonds. The zero-order valence-electron chi connectivity index (χ0n) is 17.9. The van der Waals surface area contributed by atoms with Crippen molar-refractivity contribution in [2.75, 3.05) is 33.9 Å². The van der Waals surface area contributed by atoms with Crippen LogP contribution >= 0.6 is 0 Å². The first-order valence-corrected chi connectivity index (χ1v) is 10.3. The molecule has 3 rings (SSSR count). The maximum Gasteiger partial charge on any atom is 0.258 e. The number of carbonyl (C=O) groups excluding carboxylic acids is 1. The highest BCUT2D eigenvalue weighted by molar-refractivity contribution is 5.99. The molecule has 5 heteroatoms. The maximum absolute atomic E-state index is 13.0. The highest BCUT2D eigenvalue weighted by Gasteiger charge is 2.26. The molecule has 1 N–H and O–H groups in total. The van der Waals surface area contributed by atoms with Gasteiger partial charge in [0.15, 0.2) is 0 Å². The van der Waals surface area contributed by atoms with Crippen molar-refractivity contribution in [3.05, 3.63) is 59.2 Å². The number of methoxy groups -OCH3 is 2. The number of rotatable bonds is 7. The summed E-state index contributed by atoms with van der Waals surface area (Å²) in [6.07, 6.45) is 2.38. The average molecular weight is 397 g/mol. The Morgan fingerprint density at radius 1 is 1.07 bits per heavy atom. The summed E-state index contributed by atoms with van der Waals surface area (Å²) in [5.74, 6) is 1.61. The van der Waals surface area contributed by atoms with Gasteiger partial charge in [-0.05, 0) is 56.5 Å². The van der Waals surface area contributed by atoms with E-state index in [0.29, 0.717) is 23.6 Å². The van der Waals surface area contributed by atoms with Crippen LogP contribution in [0.25, 0.3) is 0 Å². The number of nitrogens with one attached hydrogen (secondary N) is 1. The van der Waals surface area contributed by atoms with Crippen molar-refractivity contribution in [1.82, 2.24) is 10.2 Å². The molecule has 0 bridgehead atoms. The van der Waals surface area contributed by atoms with Crippen molar-refractivity contribution in [3.8, 4) is 11.5 Å². The van der Waals surface area contributed by atoms with Crippen molar-refractivity contribution in [2.45, 2.75) is 32.7 Å². The predicted molar refractivity (Wildman–Crippen MR) is 116 cm³/mol. The van der Waals surface area contributed by atoms with Crippen molar-refractivity contribution in [1.29, 1.82) is 0 Å². The molecule has 2 aromatic rings. The summed E-state index contributed by atoms with van der Waals surface area (Å²) in [6, 6.07) is 14.1. The van der Waals surface area contributed by atoms with Gasteiger partial charge < -0.3 is 14.8 Å². The second-order valence-corrected chi connectivity index (χ2v) is 7.89. The standard InChI is InChI=1S/C24H32N2O3/c1-17-8-10-19(11-9-17)20(26-14-12-18(2)13-15-26)16-25-24(27)23-21(28-3)6-5-7-22(23)29-4/h5-11,18,20H,12-16H2,1-4H3,(H,25,27). The van der Waals surface area contributed by atoms with E-state index in [1.54, 1.807) is 26.4 Å². The van der Waals surface area contributed by atoms with Gasteiger partial charge in [0.05, 0.1) is 20.3 Å². The molecule has 5 nitrogen and oxygen atoms in total. The van der Waals surface area contributed by atoms with Crippen LogP contribution in [-0.2, 0) is 0 Å². The van der Waals surface area contributed by atoms with Gasteiger partial charge in [-0.15, -0.1) is 0 Å². The Morgan fingerprint density at radius 3 is 2.21 bits per heavy atom. The number of likely N-dealkylation sites (tertiary alicyclic amines) is 1. The van der Waals surface area contributed by atoms with Crippen LogP contribution in [-0.4, -0.2) is 44.7 Å². The third-order valence-electron chi connectivity index (χ3n) is 5.83. The summed E-state index contributed by atoms with van der Waals surface area (Å²) in [7, 11) is 3.13. The number of ether oxygens (including phenoxy) is 2. The molecule has 1 fully saturated rings. The lowest BCUT2D eigenvalue weighted by molar-refractivity contribution is 0.0907. The minimum absolute atomic E-state index is 0.146. The number of nitrogens with zero attached hydrogens (tertiary/aromatic N) is 1. The van der Waals surface area contributed by atoms with E-state index in [4.69, 9.17) is 9.47 Å². The van der Waals surface area contributed by atoms with Gasteiger partial charge in [0.2, 0.25) is 0 Å². The van der Waals surface area contributed by atoms with E-state index in [1.807, 2.05) is 6.07 Å². The van der Waals surface area contributed by atoms with Gasteiger partial charge in [0, 0.05) is 6.54 Å². The second kappa shape index (κ2) is 9.79. The molecule has 29 heavy (non-hydrogen) atoms. The van der Waals surface area contributed by atoms with Crippen LogP contribution in [0.5, 0.6) is 11.5 Å². The van der Waals surface area contributed by atoms with Crippen molar-refractivity contribution in [3.63, 3.8) is 0 Å². The van der Waals surface area contributed by atoms with E-state index in [0.717, 1.165) is 19.0 Å². The molecule has 0 aromatic heterocycles. The number of piperidine rings is 1. The Balaban J connectivity index is 1.80. The first kappa shape index (κ1) is 21.2. The van der Waals surface area contributed by atoms with Crippen LogP contribution in [0.4, 0.5) is 0 Å². The number of aryl methyl sites for hydroxylation is 1. The smallest absolute Gasteiger partial charge is 0.258 e. The number of hydrogen-bond donors (Lipinski definition) is 1. The number of benzene rings is 2. The van der Waals surface area contributed by atoms with E-state index in [9.17, 15) is 4.79 Å². The van der Waals surface area contributed by atoms with E-state index >= 15 is 0 Å². The molecule has 1 aliphatic heterocycles. The molecule has 1 saturated heterocycles. The normalized spacial score (nSPS) is 16.3. The minimum atomic E-state index is -0.179. The van der Waals surface area contributed by atoms with Crippen LogP contribution in [0.3, 0.4) is 0 Å². The zero-order valence-corrected chi connectivity index (χ0v) is 17.9. The van der Waals surface area contributed by atoms with Gasteiger partial charge in [0.1, 0.15) is 17.1 Å². The Bertz CT molecular complexity index is 789. The average Bonchev–Trinajstić information content (AvgIpc) is 2.75. The van der Waals surface area contributed by atoms with E-state index in [-0.39, 0.29) is 11.9 Å². The third-order valence-corrected chi connectivity index (χ3v) is 5.83. The summed E-state index contributed by atoms with van der Waals surface area (Å²) >= 11 is 0. The molecule has 0 spiro atoms. The van der Waals surface area contributed by atoms with Crippen LogP contribution in [0.2, 0.25) is 0 Å². The molecular formula is C24H32N2O3. The van der Waals surface area contributed by atoms with Gasteiger partial charge in [-0.1, -0.05) is 42.8 Å². The quantitative estimate of drug-likeness (QED) is 0.762. The monoisotopic (exact) mass is 396 g/mol. The number of carbonyl (C=O) groups is 1. The Labute approximate surface area is 174 Å². The summed E-state index contributed by atoms with van der Waals surface area (Å²) in [6.45, 7) is 7.05. The highest BCUT2D eigenvalue weighted by atomic mass is 16.5. The molecule has 1 heterocycles. The number of hydrogen-bond acceptors (Lipinski definition) is 4. The topological polar surface area (TPSA) is 50.8 Å². The Kier molecular flexibility index (Phi) is 7.15. The third kappa shape index (κ3) is 5.10. The largest absolute Gasteiger partial charge is 0.496 e. The molecule has 0 saturated carbocycles. The lowest BCUT2D eigenvalue weighted by atomic mass is 9.95. The summed E-state index contributed by atoms with van der Waals surface area (Å²) in [4.78, 5) is 15.5. The van der Waals surface area contributed by atoms with Crippen molar-refractivity contribution in [2.24, 2.45) is 5.92 Å². The maximum atomic E-state index is 13.0. The molecule has 0 aliphatic carbocycles. The van der Waals surface area contributed by atoms with Gasteiger partial charge in [0.25, 0.3) is 5.91 Å². The molecule has 2 aromatic carbocycles. The molecule has 156 valence electrons. The highest BCUT2D eigenvalue weighted by Crippen LogP contribution is 2.29. The van der Waals surface area contributed by atoms with Gasteiger partial charge >= 0.3 is 0 Å². The van der Waals surface area contributed by atoms with E-state index in [2.05, 4.69) is 48.3 Å². The first-order valence-electron chi connectivity index (χ1n) is 10.3. The number of amides is 1. The van der Waals surface area contributed by atoms with E-state index in [1.165, 1.54) is 24.0 Å². The zero-order chi connectivity index (χ0) is 20.8. The second-order valence-electron chi connectivity index (χ2n) is 7.89. The summed E-state index contributed by atoms with van der Waals surface area (Å²) < 4.78 is 10.8. The van der Waals surface area contributed by atoms with Crippen molar-refractivity contribution < 1.29 is 14.3 Å². The molecule has 1 unspecified atom stereocenters. The lowest BCUT2D eigenvalue weighted by Crippen LogP contribution is -2.42. The fourth-order valence-electron chi connectivity index (χ4n) is 3.94. The van der Waals surface area contributed by atoms with Gasteiger partial charge in [-0.3, -0.25) is 9.69 Å². The Morgan fingerprint density at radius 2 is 1.66 bits per heavy atom. The van der Waals surface area contributed by atoms with Crippen LogP contribution < -0.4 is 14.8 Å². The molecule has 1 atom stereocenters. The van der Waals surface area contributed by atoms with Gasteiger partial charge in [-0.2, -0.15) is 0 Å². The molecule has 0 radical (unpaired) electrons. The fraction of sp³-hybridized carbons (Fsp3) is 0.458. The summed E-state index contributed by atoms with van der Waals surface area (Å²) in [5, 5.41) is 3.13. The lowest BCUT2D eigenvalue weighted by Gasteiger charge is -2.37. The first-order chi connectivity index (χ1) is 14.0. The van der Waals surface area contributed by atoms with Crippen LogP contribution in [0, 0.1) is 12.8 Å². The summed E-state index contributed by atoms with van der Waals surface area (Å²) in [5.41, 5.74) is 2.91. The molecular weight excluding hydrogens is 364 g/mol. The predicted octanol–water partition coefficient (Wildman–Crippen LogP) is 4.22. The van der Waals surface area contributed by atoms with Crippen molar-refractivity contribution >= 4 is 5.91 Å². The van der Waals surface area contributed by atoms with Crippen LogP contribution in [0.15, 0.2) is 42.5 Å².